The van der Waals surface area contributed by atoms with Crippen molar-refractivity contribution in [3.8, 4) is 5.75 Å². The number of halogens is 2. The van der Waals surface area contributed by atoms with Gasteiger partial charge in [0.05, 0.1) is 8.95 Å². The number of benzene rings is 1. The van der Waals surface area contributed by atoms with Crippen molar-refractivity contribution in [1.29, 1.82) is 0 Å². The predicted octanol–water partition coefficient (Wildman–Crippen LogP) is 0.779. The summed E-state index contributed by atoms with van der Waals surface area (Å²) in [5, 5.41) is 19.6. The van der Waals surface area contributed by atoms with E-state index in [1.165, 1.54) is 12.1 Å². The highest BCUT2D eigenvalue weighted by Crippen LogP contribution is 2.33. The number of carboxylic acids is 1. The van der Waals surface area contributed by atoms with Crippen molar-refractivity contribution in [2.24, 2.45) is 0 Å². The first-order valence-corrected chi connectivity index (χ1v) is 5.41. The molecule has 4 nitrogen and oxygen atoms in total. The van der Waals surface area contributed by atoms with Crippen molar-refractivity contribution >= 4 is 43.6 Å². The zero-order valence-electron chi connectivity index (χ0n) is 7.29. The summed E-state index contributed by atoms with van der Waals surface area (Å²) in [5.41, 5.74) is 0.473. The second-order valence-electron chi connectivity index (χ2n) is 2.80. The van der Waals surface area contributed by atoms with Gasteiger partial charge in [-0.1, -0.05) is 0 Å². The monoisotopic (exact) mass is 335 g/mol. The Morgan fingerprint density at radius 2 is 1.73 bits per heavy atom. The molecule has 0 bridgehead atoms. The fourth-order valence-electron chi connectivity index (χ4n) is 0.978. The van der Waals surface area contributed by atoms with E-state index in [1.807, 2.05) is 0 Å². The number of phenolic OH excluding ortho intramolecular Hbond substituents is 1. The van der Waals surface area contributed by atoms with Crippen LogP contribution in [0.5, 0.6) is 5.75 Å². The molecule has 0 aliphatic rings. The van der Waals surface area contributed by atoms with Gasteiger partial charge in [0, 0.05) is 6.42 Å². The topological polar surface area (TPSA) is 77.4 Å². The number of hydrogen-bond donors (Lipinski definition) is 1. The van der Waals surface area contributed by atoms with Crippen LogP contribution < -0.4 is 5.11 Å². The van der Waals surface area contributed by atoms with Gasteiger partial charge in [0.1, 0.15) is 11.7 Å². The Kier molecular flexibility index (Phi) is 3.87. The molecular formula is C9H5Br2O4-. The van der Waals surface area contributed by atoms with Gasteiger partial charge in [-0.2, -0.15) is 0 Å². The van der Waals surface area contributed by atoms with Gasteiger partial charge in [0.15, 0.2) is 5.78 Å². The second-order valence-corrected chi connectivity index (χ2v) is 4.50. The van der Waals surface area contributed by atoms with E-state index in [0.717, 1.165) is 0 Å². The third-order valence-corrected chi connectivity index (χ3v) is 2.88. The molecule has 1 rings (SSSR count). The lowest BCUT2D eigenvalue weighted by Crippen LogP contribution is -2.32. The van der Waals surface area contributed by atoms with Crippen LogP contribution in [0.2, 0.25) is 0 Å². The molecule has 1 N–H and O–H groups in total. The molecule has 0 atom stereocenters. The first-order chi connectivity index (χ1) is 6.91. The van der Waals surface area contributed by atoms with Gasteiger partial charge in [0.25, 0.3) is 0 Å². The average Bonchev–Trinajstić information content (AvgIpc) is 2.13. The standard InChI is InChI=1S/C9H6Br2O4/c10-5-1-4(2-6(11)8(5)13)3-7(12)9(14)15/h1-2,13H,3H2,(H,14,15)/p-1. The third-order valence-electron chi connectivity index (χ3n) is 1.67. The van der Waals surface area contributed by atoms with Gasteiger partial charge in [-0.3, -0.25) is 4.79 Å². The number of carbonyl (C=O) groups is 2. The Balaban J connectivity index is 2.98. The molecule has 0 heterocycles. The van der Waals surface area contributed by atoms with Crippen molar-refractivity contribution in [3.63, 3.8) is 0 Å². The maximum Gasteiger partial charge on any atom is 0.182 e. The molecule has 6 heteroatoms. The van der Waals surface area contributed by atoms with E-state index < -0.39 is 11.8 Å². The Morgan fingerprint density at radius 1 is 1.27 bits per heavy atom. The van der Waals surface area contributed by atoms with E-state index in [1.54, 1.807) is 0 Å². The molecule has 0 aromatic heterocycles. The molecule has 1 aromatic carbocycles. The van der Waals surface area contributed by atoms with Crippen LogP contribution in [0.15, 0.2) is 21.1 Å². The molecule has 0 saturated heterocycles. The van der Waals surface area contributed by atoms with Crippen LogP contribution in [0.4, 0.5) is 0 Å². The second kappa shape index (κ2) is 4.76. The fraction of sp³-hybridized carbons (Fsp3) is 0.111. The maximum atomic E-state index is 10.9. The molecule has 0 radical (unpaired) electrons. The van der Waals surface area contributed by atoms with Gasteiger partial charge < -0.3 is 15.0 Å². The molecule has 0 spiro atoms. The lowest BCUT2D eigenvalue weighted by Gasteiger charge is -2.05. The minimum Gasteiger partial charge on any atom is -0.542 e. The number of aliphatic carboxylic acids is 1. The summed E-state index contributed by atoms with van der Waals surface area (Å²) in [6, 6.07) is 2.95. The van der Waals surface area contributed by atoms with Crippen LogP contribution in [0.1, 0.15) is 5.56 Å². The van der Waals surface area contributed by atoms with E-state index in [9.17, 15) is 19.8 Å². The van der Waals surface area contributed by atoms with Crippen molar-refractivity contribution < 1.29 is 19.8 Å². The molecule has 0 saturated carbocycles. The minimum absolute atomic E-state index is 0.000325. The van der Waals surface area contributed by atoms with E-state index in [-0.39, 0.29) is 12.2 Å². The van der Waals surface area contributed by atoms with Gasteiger partial charge in [-0.25, -0.2) is 0 Å². The van der Waals surface area contributed by atoms with E-state index in [0.29, 0.717) is 14.5 Å². The fourth-order valence-corrected chi connectivity index (χ4v) is 2.26. The number of Topliss-reactive ketones (excluding diaryl/α,β-unsaturated/α-hetero) is 1. The quantitative estimate of drug-likeness (QED) is 0.827. The van der Waals surface area contributed by atoms with E-state index in [2.05, 4.69) is 31.9 Å². The average molecular weight is 337 g/mol. The molecule has 15 heavy (non-hydrogen) atoms. The number of rotatable bonds is 3. The predicted molar refractivity (Wildman–Crippen MR) is 57.2 cm³/mol. The highest BCUT2D eigenvalue weighted by atomic mass is 79.9. The zero-order chi connectivity index (χ0) is 11.6. The number of ketones is 1. The Labute approximate surface area is 102 Å². The molecule has 0 unspecified atom stereocenters. The molecule has 0 fully saturated rings. The summed E-state index contributed by atoms with van der Waals surface area (Å²) < 4.78 is 0.774. The highest BCUT2D eigenvalue weighted by Gasteiger charge is 2.09. The van der Waals surface area contributed by atoms with Gasteiger partial charge in [-0.15, -0.1) is 0 Å². The van der Waals surface area contributed by atoms with Crippen LogP contribution in [0, 0.1) is 0 Å². The maximum absolute atomic E-state index is 10.9. The smallest absolute Gasteiger partial charge is 0.182 e. The van der Waals surface area contributed by atoms with Crippen LogP contribution in [-0.4, -0.2) is 16.9 Å². The largest absolute Gasteiger partial charge is 0.542 e. The number of aromatic hydroxyl groups is 1. The zero-order valence-corrected chi connectivity index (χ0v) is 10.5. The minimum atomic E-state index is -1.71. The molecule has 1 aromatic rings. The Hall–Kier alpha value is -0.880. The Morgan fingerprint density at radius 3 is 2.13 bits per heavy atom. The number of hydrogen-bond acceptors (Lipinski definition) is 4. The van der Waals surface area contributed by atoms with Gasteiger partial charge in [-0.05, 0) is 49.6 Å². The summed E-state index contributed by atoms with van der Waals surface area (Å²) >= 11 is 6.14. The molecule has 80 valence electrons. The van der Waals surface area contributed by atoms with Crippen molar-refractivity contribution in [2.75, 3.05) is 0 Å². The summed E-state index contributed by atoms with van der Waals surface area (Å²) in [5.74, 6) is -2.71. The third kappa shape index (κ3) is 3.04. The lowest BCUT2D eigenvalue weighted by atomic mass is 10.1. The summed E-state index contributed by atoms with van der Waals surface area (Å²) in [6.45, 7) is 0. The molecule has 0 aliphatic carbocycles. The molecule has 0 amide bonds. The highest BCUT2D eigenvalue weighted by molar-refractivity contribution is 9.11. The number of phenols is 1. The van der Waals surface area contributed by atoms with Crippen LogP contribution in [-0.2, 0) is 16.0 Å². The van der Waals surface area contributed by atoms with Crippen molar-refractivity contribution in [3.05, 3.63) is 26.6 Å². The molecular weight excluding hydrogens is 332 g/mol. The van der Waals surface area contributed by atoms with E-state index in [4.69, 9.17) is 0 Å². The first-order valence-electron chi connectivity index (χ1n) is 3.83. The summed E-state index contributed by atoms with van der Waals surface area (Å²) in [7, 11) is 0. The van der Waals surface area contributed by atoms with Crippen LogP contribution in [0.25, 0.3) is 0 Å². The van der Waals surface area contributed by atoms with E-state index >= 15 is 0 Å². The number of carbonyl (C=O) groups excluding carboxylic acids is 2. The van der Waals surface area contributed by atoms with Gasteiger partial charge >= 0.3 is 0 Å². The summed E-state index contributed by atoms with van der Waals surface area (Å²) in [4.78, 5) is 21.1. The van der Waals surface area contributed by atoms with Gasteiger partial charge in [0.2, 0.25) is 0 Å². The first kappa shape index (κ1) is 12.2. The Bertz CT molecular complexity index is 405. The number of carboxylic acid groups (broad SMARTS) is 1. The summed E-state index contributed by atoms with van der Waals surface area (Å²) in [6.07, 6.45) is -0.264. The lowest BCUT2D eigenvalue weighted by molar-refractivity contribution is -0.299. The normalized spacial score (nSPS) is 10.0. The van der Waals surface area contributed by atoms with Crippen molar-refractivity contribution in [1.82, 2.24) is 0 Å². The van der Waals surface area contributed by atoms with Crippen molar-refractivity contribution in [2.45, 2.75) is 6.42 Å². The van der Waals surface area contributed by atoms with Crippen LogP contribution in [0.3, 0.4) is 0 Å². The SMILES string of the molecule is O=C([O-])C(=O)Cc1cc(Br)c(O)c(Br)c1. The molecule has 0 aliphatic heterocycles. The van der Waals surface area contributed by atoms with Crippen LogP contribution >= 0.6 is 31.9 Å².